The Morgan fingerprint density at radius 1 is 1.24 bits per heavy atom. The summed E-state index contributed by atoms with van der Waals surface area (Å²) in [5.74, 6) is 0. The van der Waals surface area contributed by atoms with Gasteiger partial charge in [0.15, 0.2) is 0 Å². The van der Waals surface area contributed by atoms with E-state index in [4.69, 9.17) is 0 Å². The third-order valence-electron chi connectivity index (χ3n) is 3.45. The number of benzene rings is 1. The van der Waals surface area contributed by atoms with E-state index in [2.05, 4.69) is 48.6 Å². The average molecular weight is 229 g/mol. The summed E-state index contributed by atoms with van der Waals surface area (Å²) in [6, 6.07) is 11.3. The van der Waals surface area contributed by atoms with E-state index in [1.165, 1.54) is 37.7 Å². The highest BCUT2D eigenvalue weighted by atomic mass is 14.9. The van der Waals surface area contributed by atoms with Gasteiger partial charge in [0.2, 0.25) is 0 Å². The van der Waals surface area contributed by atoms with Gasteiger partial charge in [0.05, 0.1) is 0 Å². The molecule has 1 aromatic rings. The molecule has 1 unspecified atom stereocenters. The molecule has 1 saturated carbocycles. The van der Waals surface area contributed by atoms with Crippen molar-refractivity contribution in [3.63, 3.8) is 0 Å². The van der Waals surface area contributed by atoms with Crippen LogP contribution in [0.5, 0.6) is 0 Å². The van der Waals surface area contributed by atoms with Crippen LogP contribution in [0, 0.1) is 0 Å². The maximum Gasteiger partial charge on any atom is 0.0282 e. The molecule has 0 bridgehead atoms. The number of nitrogens with one attached hydrogen (secondary N) is 1. The molecule has 0 aromatic heterocycles. The van der Waals surface area contributed by atoms with E-state index in [0.29, 0.717) is 6.04 Å². The fraction of sp³-hybridized carbons (Fsp3) is 0.500. The van der Waals surface area contributed by atoms with Crippen LogP contribution in [0.25, 0.3) is 6.08 Å². The Balaban J connectivity index is 2.07. The zero-order chi connectivity index (χ0) is 11.9. The van der Waals surface area contributed by atoms with Crippen LogP contribution in [-0.2, 0) is 0 Å². The van der Waals surface area contributed by atoms with Gasteiger partial charge in [0, 0.05) is 6.04 Å². The van der Waals surface area contributed by atoms with Gasteiger partial charge in [0.1, 0.15) is 0 Å². The predicted molar refractivity (Wildman–Crippen MR) is 75.0 cm³/mol. The molecule has 1 aliphatic carbocycles. The lowest BCUT2D eigenvalue weighted by Gasteiger charge is -2.26. The highest BCUT2D eigenvalue weighted by molar-refractivity contribution is 5.54. The minimum absolute atomic E-state index is 0.615. The molecule has 1 N–H and O–H groups in total. The smallest absolute Gasteiger partial charge is 0.0282 e. The maximum atomic E-state index is 3.67. The molecular formula is C16H23N. The molecule has 1 atom stereocenters. The molecule has 1 aromatic carbocycles. The first-order valence-corrected chi connectivity index (χ1v) is 6.89. The topological polar surface area (TPSA) is 12.0 Å². The predicted octanol–water partition coefficient (Wildman–Crippen LogP) is 4.01. The van der Waals surface area contributed by atoms with Crippen LogP contribution in [-0.4, -0.2) is 12.6 Å². The van der Waals surface area contributed by atoms with Crippen molar-refractivity contribution in [1.29, 1.82) is 0 Å². The molecule has 17 heavy (non-hydrogen) atoms. The number of hydrogen-bond donors (Lipinski definition) is 1. The zero-order valence-electron chi connectivity index (χ0n) is 10.8. The minimum Gasteiger partial charge on any atom is -0.310 e. The van der Waals surface area contributed by atoms with E-state index < -0.39 is 0 Å². The molecule has 0 saturated heterocycles. The highest BCUT2D eigenvalue weighted by Gasteiger charge is 2.17. The summed E-state index contributed by atoms with van der Waals surface area (Å²) in [5.41, 5.74) is 2.93. The second-order valence-corrected chi connectivity index (χ2v) is 4.88. The van der Waals surface area contributed by atoms with Crippen LogP contribution in [0.2, 0.25) is 0 Å². The molecule has 0 amide bonds. The summed E-state index contributed by atoms with van der Waals surface area (Å²) >= 11 is 0. The molecule has 0 spiro atoms. The van der Waals surface area contributed by atoms with Crippen LogP contribution in [0.3, 0.4) is 0 Å². The van der Waals surface area contributed by atoms with Gasteiger partial charge in [-0.2, -0.15) is 0 Å². The lowest BCUT2D eigenvalue weighted by Crippen LogP contribution is -2.33. The van der Waals surface area contributed by atoms with Gasteiger partial charge in [-0.3, -0.25) is 0 Å². The maximum absolute atomic E-state index is 3.67. The molecule has 0 radical (unpaired) electrons. The SMILES string of the molecule is CCCNC1CCCCC1=Cc1ccccc1. The lowest BCUT2D eigenvalue weighted by atomic mass is 9.88. The first kappa shape index (κ1) is 12.4. The highest BCUT2D eigenvalue weighted by Crippen LogP contribution is 2.25. The average Bonchev–Trinajstić information content (AvgIpc) is 2.39. The fourth-order valence-electron chi connectivity index (χ4n) is 2.53. The molecular weight excluding hydrogens is 206 g/mol. The summed E-state index contributed by atoms with van der Waals surface area (Å²) in [6.07, 6.45) is 8.88. The standard InChI is InChI=1S/C16H23N/c1-2-12-17-16-11-7-6-10-15(16)13-14-8-4-3-5-9-14/h3-5,8-9,13,16-17H,2,6-7,10-12H2,1H3. The first-order chi connectivity index (χ1) is 8.40. The van der Waals surface area contributed by atoms with Crippen molar-refractivity contribution in [2.75, 3.05) is 6.54 Å². The zero-order valence-corrected chi connectivity index (χ0v) is 10.8. The monoisotopic (exact) mass is 229 g/mol. The second kappa shape index (κ2) is 6.61. The van der Waals surface area contributed by atoms with E-state index in [1.807, 2.05) is 0 Å². The molecule has 0 aliphatic heterocycles. The summed E-state index contributed by atoms with van der Waals surface area (Å²) in [4.78, 5) is 0. The van der Waals surface area contributed by atoms with Crippen LogP contribution in [0.15, 0.2) is 35.9 Å². The van der Waals surface area contributed by atoms with Gasteiger partial charge >= 0.3 is 0 Å². The molecule has 2 rings (SSSR count). The Kier molecular flexibility index (Phi) is 4.81. The van der Waals surface area contributed by atoms with Gasteiger partial charge in [-0.15, -0.1) is 0 Å². The van der Waals surface area contributed by atoms with Crippen molar-refractivity contribution in [1.82, 2.24) is 5.32 Å². The van der Waals surface area contributed by atoms with Crippen molar-refractivity contribution in [2.24, 2.45) is 0 Å². The summed E-state index contributed by atoms with van der Waals surface area (Å²) in [6.45, 7) is 3.37. The Bertz CT molecular complexity index is 353. The van der Waals surface area contributed by atoms with Crippen molar-refractivity contribution in [2.45, 2.75) is 45.1 Å². The van der Waals surface area contributed by atoms with Gasteiger partial charge in [-0.1, -0.05) is 55.3 Å². The normalized spacial score (nSPS) is 22.9. The van der Waals surface area contributed by atoms with Gasteiger partial charge < -0.3 is 5.32 Å². The quantitative estimate of drug-likeness (QED) is 0.822. The number of rotatable bonds is 4. The van der Waals surface area contributed by atoms with Crippen molar-refractivity contribution in [3.05, 3.63) is 41.5 Å². The minimum atomic E-state index is 0.615. The molecule has 0 heterocycles. The van der Waals surface area contributed by atoms with Crippen molar-refractivity contribution >= 4 is 6.08 Å². The van der Waals surface area contributed by atoms with E-state index in [-0.39, 0.29) is 0 Å². The van der Waals surface area contributed by atoms with Gasteiger partial charge in [0.25, 0.3) is 0 Å². The van der Waals surface area contributed by atoms with Crippen LogP contribution >= 0.6 is 0 Å². The molecule has 1 heteroatoms. The molecule has 92 valence electrons. The van der Waals surface area contributed by atoms with Crippen LogP contribution in [0.4, 0.5) is 0 Å². The number of hydrogen-bond acceptors (Lipinski definition) is 1. The van der Waals surface area contributed by atoms with Crippen LogP contribution in [0.1, 0.15) is 44.6 Å². The largest absolute Gasteiger partial charge is 0.310 e. The fourth-order valence-corrected chi connectivity index (χ4v) is 2.53. The van der Waals surface area contributed by atoms with Crippen LogP contribution < -0.4 is 5.32 Å². The van der Waals surface area contributed by atoms with E-state index in [1.54, 1.807) is 5.57 Å². The van der Waals surface area contributed by atoms with Gasteiger partial charge in [-0.25, -0.2) is 0 Å². The molecule has 1 aliphatic rings. The van der Waals surface area contributed by atoms with Crippen molar-refractivity contribution < 1.29 is 0 Å². The summed E-state index contributed by atoms with van der Waals surface area (Å²) < 4.78 is 0. The molecule has 1 nitrogen and oxygen atoms in total. The first-order valence-electron chi connectivity index (χ1n) is 6.89. The third-order valence-corrected chi connectivity index (χ3v) is 3.45. The van der Waals surface area contributed by atoms with Gasteiger partial charge in [-0.05, 0) is 37.8 Å². The Morgan fingerprint density at radius 2 is 2.06 bits per heavy atom. The second-order valence-electron chi connectivity index (χ2n) is 4.88. The Morgan fingerprint density at radius 3 is 2.82 bits per heavy atom. The molecule has 1 fully saturated rings. The van der Waals surface area contributed by atoms with Crippen molar-refractivity contribution in [3.8, 4) is 0 Å². The summed E-state index contributed by atoms with van der Waals surface area (Å²) in [7, 11) is 0. The third kappa shape index (κ3) is 3.71. The Hall–Kier alpha value is -1.08. The Labute approximate surface area is 105 Å². The van der Waals surface area contributed by atoms with E-state index >= 15 is 0 Å². The van der Waals surface area contributed by atoms with E-state index in [9.17, 15) is 0 Å². The summed E-state index contributed by atoms with van der Waals surface area (Å²) in [5, 5.41) is 3.67. The van der Waals surface area contributed by atoms with E-state index in [0.717, 1.165) is 6.54 Å². The lowest BCUT2D eigenvalue weighted by molar-refractivity contribution is 0.457.